The largest absolute Gasteiger partial charge is 0.380 e. The molecule has 1 atom stereocenters. The van der Waals surface area contributed by atoms with Crippen molar-refractivity contribution in [3.8, 4) is 11.8 Å². The van der Waals surface area contributed by atoms with Gasteiger partial charge in [0.15, 0.2) is 0 Å². The lowest BCUT2D eigenvalue weighted by Gasteiger charge is -1.91. The Labute approximate surface area is 56.4 Å². The zero-order valence-corrected chi connectivity index (χ0v) is 5.81. The molecular formula is C8H12O. The van der Waals surface area contributed by atoms with Crippen molar-refractivity contribution in [2.24, 2.45) is 5.92 Å². The second kappa shape index (κ2) is 3.53. The maximum atomic E-state index is 5.15. The van der Waals surface area contributed by atoms with Gasteiger partial charge < -0.3 is 4.74 Å². The molecule has 50 valence electrons. The van der Waals surface area contributed by atoms with Gasteiger partial charge in [-0.15, -0.1) is 5.92 Å². The molecule has 0 amide bonds. The van der Waals surface area contributed by atoms with Gasteiger partial charge in [-0.2, -0.15) is 0 Å². The Morgan fingerprint density at radius 2 is 2.56 bits per heavy atom. The molecule has 0 radical (unpaired) electrons. The van der Waals surface area contributed by atoms with Gasteiger partial charge in [-0.3, -0.25) is 0 Å². The molecule has 0 saturated carbocycles. The molecule has 0 spiro atoms. The monoisotopic (exact) mass is 124 g/mol. The van der Waals surface area contributed by atoms with Crippen molar-refractivity contribution in [2.45, 2.75) is 19.8 Å². The van der Waals surface area contributed by atoms with E-state index in [4.69, 9.17) is 4.74 Å². The van der Waals surface area contributed by atoms with E-state index in [0.717, 1.165) is 26.1 Å². The Hall–Kier alpha value is -0.480. The van der Waals surface area contributed by atoms with Crippen LogP contribution in [0.2, 0.25) is 0 Å². The zero-order chi connectivity index (χ0) is 6.53. The third-order valence-electron chi connectivity index (χ3n) is 1.41. The highest BCUT2D eigenvalue weighted by atomic mass is 16.5. The summed E-state index contributed by atoms with van der Waals surface area (Å²) < 4.78 is 5.15. The first-order chi connectivity index (χ1) is 4.43. The van der Waals surface area contributed by atoms with Gasteiger partial charge in [0.25, 0.3) is 0 Å². The fourth-order valence-electron chi connectivity index (χ4n) is 0.895. The summed E-state index contributed by atoms with van der Waals surface area (Å²) in [6, 6.07) is 0. The van der Waals surface area contributed by atoms with Crippen LogP contribution in [0.25, 0.3) is 0 Å². The molecule has 0 aromatic carbocycles. The van der Waals surface area contributed by atoms with E-state index in [1.165, 1.54) is 0 Å². The van der Waals surface area contributed by atoms with Crippen LogP contribution >= 0.6 is 0 Å². The molecular weight excluding hydrogens is 112 g/mol. The highest BCUT2D eigenvalue weighted by Gasteiger charge is 2.11. The minimum absolute atomic E-state index is 0.532. The normalized spacial score (nSPS) is 25.2. The quantitative estimate of drug-likeness (QED) is 0.444. The SMILES string of the molecule is CCC#CC1CCOC1. The van der Waals surface area contributed by atoms with Crippen LogP contribution in [-0.4, -0.2) is 13.2 Å². The topological polar surface area (TPSA) is 9.23 Å². The fraction of sp³-hybridized carbons (Fsp3) is 0.750. The Morgan fingerprint density at radius 1 is 1.67 bits per heavy atom. The molecule has 0 bridgehead atoms. The highest BCUT2D eigenvalue weighted by molar-refractivity contribution is 5.04. The lowest BCUT2D eigenvalue weighted by atomic mass is 10.1. The molecule has 9 heavy (non-hydrogen) atoms. The lowest BCUT2D eigenvalue weighted by Crippen LogP contribution is -1.93. The Bertz CT molecular complexity index is 123. The molecule has 1 aliphatic rings. The minimum Gasteiger partial charge on any atom is -0.380 e. The van der Waals surface area contributed by atoms with E-state index in [-0.39, 0.29) is 0 Å². The van der Waals surface area contributed by atoms with E-state index in [0.29, 0.717) is 5.92 Å². The highest BCUT2D eigenvalue weighted by Crippen LogP contribution is 2.09. The van der Waals surface area contributed by atoms with Crippen molar-refractivity contribution < 1.29 is 4.74 Å². The Kier molecular flexibility index (Phi) is 2.60. The van der Waals surface area contributed by atoms with Gasteiger partial charge in [-0.25, -0.2) is 0 Å². The zero-order valence-electron chi connectivity index (χ0n) is 5.81. The van der Waals surface area contributed by atoms with Gasteiger partial charge in [0.1, 0.15) is 0 Å². The van der Waals surface area contributed by atoms with Gasteiger partial charge in [-0.1, -0.05) is 12.8 Å². The van der Waals surface area contributed by atoms with Gasteiger partial charge in [0.05, 0.1) is 6.61 Å². The van der Waals surface area contributed by atoms with Gasteiger partial charge in [-0.05, 0) is 6.42 Å². The first kappa shape index (κ1) is 6.64. The molecule has 0 aromatic heterocycles. The number of hydrogen-bond acceptors (Lipinski definition) is 1. The average Bonchev–Trinajstić information content (AvgIpc) is 2.34. The van der Waals surface area contributed by atoms with Crippen LogP contribution in [0.1, 0.15) is 19.8 Å². The van der Waals surface area contributed by atoms with Gasteiger partial charge in [0, 0.05) is 18.9 Å². The van der Waals surface area contributed by atoms with Crippen LogP contribution in [0.15, 0.2) is 0 Å². The molecule has 1 heteroatoms. The maximum absolute atomic E-state index is 5.15. The summed E-state index contributed by atoms with van der Waals surface area (Å²) in [5.41, 5.74) is 0. The van der Waals surface area contributed by atoms with Crippen LogP contribution in [0.5, 0.6) is 0 Å². The standard InChI is InChI=1S/C8H12O/c1-2-3-4-8-5-6-9-7-8/h8H,2,5-7H2,1H3. The number of hydrogen-bond donors (Lipinski definition) is 0. The third kappa shape index (κ3) is 2.07. The average molecular weight is 124 g/mol. The Balaban J connectivity index is 2.26. The second-order valence-electron chi connectivity index (χ2n) is 2.24. The first-order valence-corrected chi connectivity index (χ1v) is 3.49. The molecule has 0 aromatic rings. The van der Waals surface area contributed by atoms with Crippen LogP contribution < -0.4 is 0 Å². The van der Waals surface area contributed by atoms with E-state index in [2.05, 4.69) is 18.8 Å². The predicted octanol–water partition coefficient (Wildman–Crippen LogP) is 1.44. The maximum Gasteiger partial charge on any atom is 0.0604 e. The summed E-state index contributed by atoms with van der Waals surface area (Å²) >= 11 is 0. The van der Waals surface area contributed by atoms with E-state index in [1.54, 1.807) is 0 Å². The predicted molar refractivity (Wildman–Crippen MR) is 37.0 cm³/mol. The van der Waals surface area contributed by atoms with Gasteiger partial charge in [0.2, 0.25) is 0 Å². The molecule has 1 fully saturated rings. The molecule has 1 unspecified atom stereocenters. The van der Waals surface area contributed by atoms with Crippen molar-refractivity contribution in [1.82, 2.24) is 0 Å². The van der Waals surface area contributed by atoms with Crippen molar-refractivity contribution in [2.75, 3.05) is 13.2 Å². The van der Waals surface area contributed by atoms with Crippen molar-refractivity contribution in [3.63, 3.8) is 0 Å². The van der Waals surface area contributed by atoms with Crippen LogP contribution in [0, 0.1) is 17.8 Å². The molecule has 0 N–H and O–H groups in total. The summed E-state index contributed by atoms with van der Waals surface area (Å²) in [7, 11) is 0. The molecule has 1 rings (SSSR count). The minimum atomic E-state index is 0.532. The van der Waals surface area contributed by atoms with Gasteiger partial charge >= 0.3 is 0 Å². The van der Waals surface area contributed by atoms with Crippen LogP contribution in [0.3, 0.4) is 0 Å². The second-order valence-corrected chi connectivity index (χ2v) is 2.24. The van der Waals surface area contributed by atoms with E-state index in [1.807, 2.05) is 0 Å². The number of ether oxygens (including phenoxy) is 1. The van der Waals surface area contributed by atoms with Crippen LogP contribution in [-0.2, 0) is 4.74 Å². The molecule has 1 saturated heterocycles. The molecule has 1 aliphatic heterocycles. The van der Waals surface area contributed by atoms with Crippen molar-refractivity contribution in [3.05, 3.63) is 0 Å². The summed E-state index contributed by atoms with van der Waals surface area (Å²) in [4.78, 5) is 0. The van der Waals surface area contributed by atoms with E-state index < -0.39 is 0 Å². The molecule has 1 nitrogen and oxygen atoms in total. The van der Waals surface area contributed by atoms with Crippen molar-refractivity contribution in [1.29, 1.82) is 0 Å². The summed E-state index contributed by atoms with van der Waals surface area (Å²) in [5.74, 6) is 6.75. The fourth-order valence-corrected chi connectivity index (χ4v) is 0.895. The van der Waals surface area contributed by atoms with Crippen molar-refractivity contribution >= 4 is 0 Å². The smallest absolute Gasteiger partial charge is 0.0604 e. The molecule has 1 heterocycles. The Morgan fingerprint density at radius 3 is 3.11 bits per heavy atom. The summed E-state index contributed by atoms with van der Waals surface area (Å²) in [5, 5.41) is 0. The van der Waals surface area contributed by atoms with Crippen LogP contribution in [0.4, 0.5) is 0 Å². The summed E-state index contributed by atoms with van der Waals surface area (Å²) in [6.07, 6.45) is 2.10. The molecule has 0 aliphatic carbocycles. The lowest BCUT2D eigenvalue weighted by molar-refractivity contribution is 0.192. The first-order valence-electron chi connectivity index (χ1n) is 3.49. The van der Waals surface area contributed by atoms with E-state index >= 15 is 0 Å². The number of rotatable bonds is 0. The third-order valence-corrected chi connectivity index (χ3v) is 1.41. The summed E-state index contributed by atoms with van der Waals surface area (Å²) in [6.45, 7) is 3.83. The van der Waals surface area contributed by atoms with E-state index in [9.17, 15) is 0 Å².